The Morgan fingerprint density at radius 1 is 1.38 bits per heavy atom. The van der Waals surface area contributed by atoms with E-state index in [-0.39, 0.29) is 5.69 Å². The van der Waals surface area contributed by atoms with Crippen LogP contribution in [0.3, 0.4) is 0 Å². The first-order valence-corrected chi connectivity index (χ1v) is 7.60. The van der Waals surface area contributed by atoms with E-state index < -0.39 is 4.92 Å². The van der Waals surface area contributed by atoms with E-state index in [0.717, 1.165) is 34.9 Å². The Bertz CT molecular complexity index is 648. The largest absolute Gasteiger partial charge is 0.379 e. The number of rotatable bonds is 7. The smallest absolute Gasteiger partial charge is 0.311 e. The summed E-state index contributed by atoms with van der Waals surface area (Å²) in [6.45, 7) is 4.51. The Kier molecular flexibility index (Phi) is 5.46. The highest BCUT2D eigenvalue weighted by Crippen LogP contribution is 2.33. The van der Waals surface area contributed by atoms with E-state index in [4.69, 9.17) is 0 Å². The first-order valence-electron chi connectivity index (χ1n) is 6.80. The van der Waals surface area contributed by atoms with Crippen LogP contribution >= 0.6 is 15.9 Å². The van der Waals surface area contributed by atoms with Crippen LogP contribution in [-0.2, 0) is 0 Å². The van der Waals surface area contributed by atoms with Gasteiger partial charge in [0.1, 0.15) is 11.9 Å². The summed E-state index contributed by atoms with van der Waals surface area (Å²) in [6, 6.07) is 5.56. The number of benzene rings is 1. The lowest BCUT2D eigenvalue weighted by Crippen LogP contribution is -2.17. The zero-order valence-electron chi connectivity index (χ0n) is 11.7. The van der Waals surface area contributed by atoms with E-state index in [1.54, 1.807) is 0 Å². The molecule has 0 aliphatic carbocycles. The minimum atomic E-state index is -0.403. The van der Waals surface area contributed by atoms with Crippen molar-refractivity contribution >= 4 is 38.2 Å². The molecule has 1 heterocycles. The number of hydrogen-bond donors (Lipinski definition) is 2. The standard InChI is InChI=1S/C14H17BrN4O2/c1-2-16-6-3-7-17-14-11-8-10(15)4-5-12(11)18-9-13(14)19(20)21/h4-5,8-9,16H,2-3,6-7H2,1H3,(H,17,18). The molecule has 0 saturated carbocycles. The number of nitrogens with zero attached hydrogens (tertiary/aromatic N) is 2. The summed E-state index contributed by atoms with van der Waals surface area (Å²) in [5, 5.41) is 18.3. The van der Waals surface area contributed by atoms with Crippen molar-refractivity contribution in [1.29, 1.82) is 0 Å². The third-order valence-electron chi connectivity index (χ3n) is 3.09. The molecule has 0 saturated heterocycles. The van der Waals surface area contributed by atoms with Gasteiger partial charge in [-0.15, -0.1) is 0 Å². The van der Waals surface area contributed by atoms with Crippen molar-refractivity contribution in [1.82, 2.24) is 10.3 Å². The molecule has 0 bridgehead atoms. The van der Waals surface area contributed by atoms with E-state index in [9.17, 15) is 10.1 Å². The summed E-state index contributed by atoms with van der Waals surface area (Å²) in [5.74, 6) is 0. The third-order valence-corrected chi connectivity index (χ3v) is 3.58. The normalized spacial score (nSPS) is 10.8. The molecule has 112 valence electrons. The minimum Gasteiger partial charge on any atom is -0.379 e. The minimum absolute atomic E-state index is 0.00375. The molecule has 2 aromatic rings. The molecular formula is C14H17BrN4O2. The van der Waals surface area contributed by atoms with Crippen molar-refractivity contribution in [3.63, 3.8) is 0 Å². The van der Waals surface area contributed by atoms with Gasteiger partial charge in [0, 0.05) is 16.4 Å². The molecule has 0 unspecified atom stereocenters. The summed E-state index contributed by atoms with van der Waals surface area (Å²) in [7, 11) is 0. The lowest BCUT2D eigenvalue weighted by atomic mass is 10.1. The van der Waals surface area contributed by atoms with Crippen LogP contribution in [0.25, 0.3) is 10.9 Å². The third kappa shape index (κ3) is 3.89. The first kappa shape index (κ1) is 15.7. The molecule has 0 atom stereocenters. The van der Waals surface area contributed by atoms with Crippen LogP contribution in [0.5, 0.6) is 0 Å². The number of fused-ring (bicyclic) bond motifs is 1. The second-order valence-electron chi connectivity index (χ2n) is 4.57. The molecule has 0 fully saturated rings. The van der Waals surface area contributed by atoms with Crippen LogP contribution in [0.1, 0.15) is 13.3 Å². The molecule has 0 aliphatic heterocycles. The van der Waals surface area contributed by atoms with Gasteiger partial charge in [-0.05, 0) is 37.7 Å². The summed E-state index contributed by atoms with van der Waals surface area (Å²) in [4.78, 5) is 14.9. The molecule has 7 heteroatoms. The van der Waals surface area contributed by atoms with Gasteiger partial charge in [-0.1, -0.05) is 22.9 Å². The Morgan fingerprint density at radius 2 is 2.19 bits per heavy atom. The maximum absolute atomic E-state index is 11.2. The molecule has 1 aromatic heterocycles. The number of aromatic nitrogens is 1. The zero-order chi connectivity index (χ0) is 15.2. The highest BCUT2D eigenvalue weighted by molar-refractivity contribution is 9.10. The average Bonchev–Trinajstić information content (AvgIpc) is 2.46. The number of nitro groups is 1. The molecular weight excluding hydrogens is 336 g/mol. The van der Waals surface area contributed by atoms with E-state index in [1.165, 1.54) is 6.20 Å². The summed E-state index contributed by atoms with van der Waals surface area (Å²) >= 11 is 3.40. The molecule has 1 aromatic carbocycles. The van der Waals surface area contributed by atoms with Crippen LogP contribution in [0, 0.1) is 10.1 Å². The van der Waals surface area contributed by atoms with Gasteiger partial charge in [-0.25, -0.2) is 4.98 Å². The van der Waals surface area contributed by atoms with Gasteiger partial charge in [-0.3, -0.25) is 10.1 Å². The molecule has 6 nitrogen and oxygen atoms in total. The fourth-order valence-electron chi connectivity index (χ4n) is 2.08. The number of pyridine rings is 1. The molecule has 2 rings (SSSR count). The van der Waals surface area contributed by atoms with Crippen molar-refractivity contribution < 1.29 is 4.92 Å². The number of nitrogens with one attached hydrogen (secondary N) is 2. The molecule has 0 amide bonds. The summed E-state index contributed by atoms with van der Waals surface area (Å²) < 4.78 is 0.869. The van der Waals surface area contributed by atoms with Gasteiger partial charge in [0.25, 0.3) is 0 Å². The maximum atomic E-state index is 11.2. The highest BCUT2D eigenvalue weighted by Gasteiger charge is 2.17. The highest BCUT2D eigenvalue weighted by atomic mass is 79.9. The van der Waals surface area contributed by atoms with E-state index in [2.05, 4.69) is 31.5 Å². The average molecular weight is 353 g/mol. The Balaban J connectivity index is 2.30. The lowest BCUT2D eigenvalue weighted by Gasteiger charge is -2.10. The van der Waals surface area contributed by atoms with Crippen LogP contribution in [0.15, 0.2) is 28.9 Å². The van der Waals surface area contributed by atoms with Gasteiger partial charge in [0.2, 0.25) is 0 Å². The number of anilines is 1. The van der Waals surface area contributed by atoms with Crippen molar-refractivity contribution in [2.45, 2.75) is 13.3 Å². The molecule has 0 aliphatic rings. The SMILES string of the molecule is CCNCCCNc1c([N+](=O)[O-])cnc2ccc(Br)cc12. The van der Waals surface area contributed by atoms with Crippen molar-refractivity contribution in [3.8, 4) is 0 Å². The predicted molar refractivity (Wildman–Crippen MR) is 87.7 cm³/mol. The van der Waals surface area contributed by atoms with Crippen LogP contribution in [-0.4, -0.2) is 29.5 Å². The Labute approximate surface area is 131 Å². The second-order valence-corrected chi connectivity index (χ2v) is 5.49. The van der Waals surface area contributed by atoms with Gasteiger partial charge >= 0.3 is 5.69 Å². The van der Waals surface area contributed by atoms with Gasteiger partial charge in [-0.2, -0.15) is 0 Å². The number of halogens is 1. The molecule has 0 spiro atoms. The van der Waals surface area contributed by atoms with Crippen LogP contribution in [0.4, 0.5) is 11.4 Å². The predicted octanol–water partition coefficient (Wildman–Crippen LogP) is 3.32. The topological polar surface area (TPSA) is 80.1 Å². The maximum Gasteiger partial charge on any atom is 0.311 e. The monoisotopic (exact) mass is 352 g/mol. The fourth-order valence-corrected chi connectivity index (χ4v) is 2.44. The van der Waals surface area contributed by atoms with Gasteiger partial charge in [0.05, 0.1) is 10.4 Å². The lowest BCUT2D eigenvalue weighted by molar-refractivity contribution is -0.384. The Morgan fingerprint density at radius 3 is 2.90 bits per heavy atom. The van der Waals surface area contributed by atoms with Crippen molar-refractivity contribution in [2.24, 2.45) is 0 Å². The van der Waals surface area contributed by atoms with Crippen molar-refractivity contribution in [3.05, 3.63) is 39.0 Å². The van der Waals surface area contributed by atoms with Crippen LogP contribution < -0.4 is 10.6 Å². The molecule has 0 radical (unpaired) electrons. The van der Waals surface area contributed by atoms with Crippen LogP contribution in [0.2, 0.25) is 0 Å². The quantitative estimate of drug-likeness (QED) is 0.453. The van der Waals surface area contributed by atoms with Crippen molar-refractivity contribution in [2.75, 3.05) is 25.0 Å². The fraction of sp³-hybridized carbons (Fsp3) is 0.357. The van der Waals surface area contributed by atoms with E-state index in [0.29, 0.717) is 12.2 Å². The Hall–Kier alpha value is -1.73. The summed E-state index contributed by atoms with van der Waals surface area (Å²) in [5.41, 5.74) is 1.27. The van der Waals surface area contributed by atoms with Gasteiger partial charge in [0.15, 0.2) is 0 Å². The summed E-state index contributed by atoms with van der Waals surface area (Å²) in [6.07, 6.45) is 2.20. The number of hydrogen-bond acceptors (Lipinski definition) is 5. The molecule has 21 heavy (non-hydrogen) atoms. The second kappa shape index (κ2) is 7.33. The van der Waals surface area contributed by atoms with Gasteiger partial charge < -0.3 is 10.6 Å². The van der Waals surface area contributed by atoms with E-state index >= 15 is 0 Å². The van der Waals surface area contributed by atoms with E-state index in [1.807, 2.05) is 25.1 Å². The molecule has 2 N–H and O–H groups in total. The zero-order valence-corrected chi connectivity index (χ0v) is 13.3. The first-order chi connectivity index (χ1) is 10.1.